The highest BCUT2D eigenvalue weighted by molar-refractivity contribution is 5.63. The topological polar surface area (TPSA) is 58.9 Å². The predicted octanol–water partition coefficient (Wildman–Crippen LogP) is 7.45. The van der Waals surface area contributed by atoms with E-state index in [1.807, 2.05) is 0 Å². The Bertz CT molecular complexity index is 612. The molecule has 0 spiro atoms. The Morgan fingerprint density at radius 2 is 1.64 bits per heavy atom. The molecule has 25 heavy (non-hydrogen) atoms. The summed E-state index contributed by atoms with van der Waals surface area (Å²) in [5, 5.41) is 6.29. The fourth-order valence-electron chi connectivity index (χ4n) is 2.76. The van der Waals surface area contributed by atoms with Crippen LogP contribution in [0.1, 0.15) is 70.9 Å². The lowest BCUT2D eigenvalue weighted by Gasteiger charge is -2.08. The standard InChI is InChI=1S/C21H30N2O2/c1-5-6-7-11-18-14-20(22-24)19(21(15-18)23-25)13-12-17(4)10-8-9-16(2)3/h9,12,14-15H,5-8,10-11,13H2,1-4H3/b17-12+. The molecule has 0 saturated carbocycles. The van der Waals surface area contributed by atoms with Gasteiger partial charge in [0, 0.05) is 5.56 Å². The molecule has 1 rings (SSSR count). The molecule has 0 aromatic heterocycles. The third-order valence-corrected chi connectivity index (χ3v) is 4.27. The van der Waals surface area contributed by atoms with Gasteiger partial charge in [-0.2, -0.15) is 0 Å². The molecule has 1 aromatic rings. The Labute approximate surface area is 151 Å². The Balaban J connectivity index is 2.92. The van der Waals surface area contributed by atoms with Gasteiger partial charge in [0.15, 0.2) is 0 Å². The smallest absolute Gasteiger partial charge is 0.114 e. The Hall–Kier alpha value is -2.10. The van der Waals surface area contributed by atoms with E-state index in [1.165, 1.54) is 11.1 Å². The van der Waals surface area contributed by atoms with Crippen LogP contribution < -0.4 is 0 Å². The van der Waals surface area contributed by atoms with Crippen molar-refractivity contribution in [3.63, 3.8) is 0 Å². The fraction of sp³-hybridized carbons (Fsp3) is 0.524. The Morgan fingerprint density at radius 1 is 1.00 bits per heavy atom. The molecule has 136 valence electrons. The first-order valence-electron chi connectivity index (χ1n) is 9.13. The quantitative estimate of drug-likeness (QED) is 0.238. The molecule has 0 aliphatic rings. The Morgan fingerprint density at radius 3 is 2.16 bits per heavy atom. The Kier molecular flexibility index (Phi) is 9.60. The highest BCUT2D eigenvalue weighted by Gasteiger charge is 2.12. The van der Waals surface area contributed by atoms with Gasteiger partial charge in [-0.1, -0.05) is 43.1 Å². The van der Waals surface area contributed by atoms with E-state index in [-0.39, 0.29) is 0 Å². The molecule has 1 aromatic carbocycles. The SMILES string of the molecule is CCCCCc1cc(N=O)c(C/C=C(\C)CCC=C(C)C)c(N=O)c1. The molecule has 0 saturated heterocycles. The van der Waals surface area contributed by atoms with E-state index in [1.54, 1.807) is 12.1 Å². The van der Waals surface area contributed by atoms with E-state index < -0.39 is 0 Å². The minimum absolute atomic E-state index is 0.344. The molecule has 0 unspecified atom stereocenters. The molecule has 0 aliphatic heterocycles. The van der Waals surface area contributed by atoms with Crippen molar-refractivity contribution >= 4 is 11.4 Å². The van der Waals surface area contributed by atoms with Gasteiger partial charge in [0.05, 0.1) is 0 Å². The molecule has 0 fully saturated rings. The van der Waals surface area contributed by atoms with Crippen molar-refractivity contribution in [2.45, 2.75) is 72.6 Å². The molecule has 0 radical (unpaired) electrons. The molecule has 4 nitrogen and oxygen atoms in total. The summed E-state index contributed by atoms with van der Waals surface area (Å²) in [4.78, 5) is 22.5. The van der Waals surface area contributed by atoms with Crippen LogP contribution in [0.4, 0.5) is 11.4 Å². The summed E-state index contributed by atoms with van der Waals surface area (Å²) in [6, 6.07) is 3.61. The lowest BCUT2D eigenvalue weighted by molar-refractivity contribution is 0.717. The number of hydrogen-bond donors (Lipinski definition) is 0. The highest BCUT2D eigenvalue weighted by atomic mass is 16.3. The van der Waals surface area contributed by atoms with Crippen molar-refractivity contribution in [3.05, 3.63) is 56.4 Å². The van der Waals surface area contributed by atoms with Crippen LogP contribution in [0.25, 0.3) is 0 Å². The van der Waals surface area contributed by atoms with Gasteiger partial charge in [-0.05, 0) is 80.9 Å². The van der Waals surface area contributed by atoms with Crippen molar-refractivity contribution in [2.75, 3.05) is 0 Å². The molecule has 0 amide bonds. The number of benzene rings is 1. The summed E-state index contributed by atoms with van der Waals surface area (Å²) in [7, 11) is 0. The van der Waals surface area contributed by atoms with Gasteiger partial charge >= 0.3 is 0 Å². The van der Waals surface area contributed by atoms with Crippen LogP contribution in [0.3, 0.4) is 0 Å². The third kappa shape index (κ3) is 7.55. The van der Waals surface area contributed by atoms with Crippen molar-refractivity contribution in [1.82, 2.24) is 0 Å². The number of unbranched alkanes of at least 4 members (excludes halogenated alkanes) is 2. The second-order valence-corrected chi connectivity index (χ2v) is 6.83. The average Bonchev–Trinajstić information content (AvgIpc) is 2.59. The highest BCUT2D eigenvalue weighted by Crippen LogP contribution is 2.33. The second-order valence-electron chi connectivity index (χ2n) is 6.83. The van der Waals surface area contributed by atoms with Crippen LogP contribution in [0.5, 0.6) is 0 Å². The summed E-state index contributed by atoms with van der Waals surface area (Å²) in [6.45, 7) is 8.39. The summed E-state index contributed by atoms with van der Waals surface area (Å²) in [5.74, 6) is 0. The number of hydrogen-bond acceptors (Lipinski definition) is 4. The van der Waals surface area contributed by atoms with E-state index in [9.17, 15) is 9.81 Å². The van der Waals surface area contributed by atoms with E-state index in [2.05, 4.69) is 50.2 Å². The van der Waals surface area contributed by atoms with Crippen LogP contribution in [-0.4, -0.2) is 0 Å². The van der Waals surface area contributed by atoms with Crippen molar-refractivity contribution < 1.29 is 0 Å². The van der Waals surface area contributed by atoms with Crippen LogP contribution >= 0.6 is 0 Å². The zero-order chi connectivity index (χ0) is 18.7. The van der Waals surface area contributed by atoms with E-state index in [0.29, 0.717) is 23.4 Å². The number of nitrogens with zero attached hydrogens (tertiary/aromatic N) is 2. The average molecular weight is 342 g/mol. The van der Waals surface area contributed by atoms with Crippen LogP contribution in [0.2, 0.25) is 0 Å². The summed E-state index contributed by atoms with van der Waals surface area (Å²) in [5.41, 5.74) is 4.83. The number of aryl methyl sites for hydroxylation is 1. The molecule has 0 heterocycles. The second kappa shape index (κ2) is 11.5. The van der Waals surface area contributed by atoms with Gasteiger partial charge < -0.3 is 0 Å². The van der Waals surface area contributed by atoms with E-state index >= 15 is 0 Å². The van der Waals surface area contributed by atoms with E-state index in [4.69, 9.17) is 0 Å². The first-order chi connectivity index (χ1) is 12.0. The molecule has 0 atom stereocenters. The van der Waals surface area contributed by atoms with Gasteiger partial charge in [0.2, 0.25) is 0 Å². The maximum atomic E-state index is 11.2. The van der Waals surface area contributed by atoms with Crippen LogP contribution in [0.15, 0.2) is 45.8 Å². The largest absolute Gasteiger partial charge is 0.145 e. The first kappa shape index (κ1) is 20.9. The van der Waals surface area contributed by atoms with Crippen LogP contribution in [-0.2, 0) is 12.8 Å². The molecular weight excluding hydrogens is 312 g/mol. The number of allylic oxidation sites excluding steroid dienone is 4. The maximum absolute atomic E-state index is 11.2. The summed E-state index contributed by atoms with van der Waals surface area (Å²) in [6.07, 6.45) is 10.9. The number of rotatable bonds is 11. The van der Waals surface area contributed by atoms with Gasteiger partial charge in [-0.25, -0.2) is 0 Å². The van der Waals surface area contributed by atoms with Crippen LogP contribution in [0, 0.1) is 9.81 Å². The molecule has 4 heteroatoms. The predicted molar refractivity (Wildman–Crippen MR) is 107 cm³/mol. The summed E-state index contributed by atoms with van der Waals surface area (Å²) >= 11 is 0. The van der Waals surface area contributed by atoms with Gasteiger partial charge in [0.1, 0.15) is 11.4 Å². The van der Waals surface area contributed by atoms with Gasteiger partial charge in [-0.3, -0.25) is 0 Å². The van der Waals surface area contributed by atoms with Gasteiger partial charge in [0.25, 0.3) is 0 Å². The minimum Gasteiger partial charge on any atom is -0.145 e. The first-order valence-corrected chi connectivity index (χ1v) is 9.13. The molecule has 0 N–H and O–H groups in total. The third-order valence-electron chi connectivity index (χ3n) is 4.27. The maximum Gasteiger partial charge on any atom is 0.114 e. The summed E-state index contributed by atoms with van der Waals surface area (Å²) < 4.78 is 0. The molecular formula is C21H30N2O2. The monoisotopic (exact) mass is 342 g/mol. The van der Waals surface area contributed by atoms with Crippen molar-refractivity contribution in [1.29, 1.82) is 0 Å². The lowest BCUT2D eigenvalue weighted by Crippen LogP contribution is -1.91. The fourth-order valence-corrected chi connectivity index (χ4v) is 2.76. The molecule has 0 bridgehead atoms. The van der Waals surface area contributed by atoms with E-state index in [0.717, 1.165) is 44.1 Å². The minimum atomic E-state index is 0.344. The number of nitroso groups, excluding NO2 is 2. The normalized spacial score (nSPS) is 11.3. The van der Waals surface area contributed by atoms with Crippen molar-refractivity contribution in [3.8, 4) is 0 Å². The lowest BCUT2D eigenvalue weighted by atomic mass is 9.99. The van der Waals surface area contributed by atoms with Gasteiger partial charge in [-0.15, -0.1) is 9.81 Å². The molecule has 0 aliphatic carbocycles. The zero-order valence-corrected chi connectivity index (χ0v) is 16.0. The zero-order valence-electron chi connectivity index (χ0n) is 16.0. The van der Waals surface area contributed by atoms with Crippen molar-refractivity contribution in [2.24, 2.45) is 10.4 Å².